The van der Waals surface area contributed by atoms with Gasteiger partial charge in [0.2, 0.25) is 10.0 Å². The molecule has 0 aromatic heterocycles. The van der Waals surface area contributed by atoms with E-state index in [2.05, 4.69) is 11.8 Å². The van der Waals surface area contributed by atoms with Crippen molar-refractivity contribution in [1.29, 1.82) is 0 Å². The first kappa shape index (κ1) is 26.9. The average molecular weight is 528 g/mol. The van der Waals surface area contributed by atoms with E-state index in [0.29, 0.717) is 38.5 Å². The highest BCUT2D eigenvalue weighted by molar-refractivity contribution is 7.89. The Morgan fingerprint density at radius 2 is 1.69 bits per heavy atom. The van der Waals surface area contributed by atoms with Gasteiger partial charge in [0.25, 0.3) is 0 Å². The highest BCUT2D eigenvalue weighted by Gasteiger charge is 2.51. The molecule has 7 nitrogen and oxygen atoms in total. The molecule has 36 heavy (non-hydrogen) atoms. The van der Waals surface area contributed by atoms with Crippen molar-refractivity contribution in [3.8, 4) is 0 Å². The Kier molecular flexibility index (Phi) is 7.68. The lowest BCUT2D eigenvalue weighted by Gasteiger charge is -2.45. The number of nitrogens with zero attached hydrogens (tertiary/aromatic N) is 3. The third kappa shape index (κ3) is 5.40. The molecule has 4 rings (SSSR count). The SMILES string of the molecule is C[C@H]1COCCN1C[C@H]1CN(S(=O)(=O)c2ccccc2)CCN1c1ccc([C@@](C)(O)C(F)(F)F)cc1. The molecule has 2 saturated heterocycles. The van der Waals surface area contributed by atoms with Gasteiger partial charge in [0, 0.05) is 44.5 Å². The number of hydrogen-bond donors (Lipinski definition) is 1. The third-order valence-corrected chi connectivity index (χ3v) is 8.97. The van der Waals surface area contributed by atoms with E-state index < -0.39 is 21.8 Å². The van der Waals surface area contributed by atoms with Crippen LogP contribution in [0.2, 0.25) is 0 Å². The van der Waals surface area contributed by atoms with Gasteiger partial charge in [0.1, 0.15) is 0 Å². The molecule has 0 radical (unpaired) electrons. The van der Waals surface area contributed by atoms with Crippen molar-refractivity contribution < 1.29 is 31.4 Å². The number of halogens is 3. The van der Waals surface area contributed by atoms with Crippen molar-refractivity contribution in [3.05, 3.63) is 60.2 Å². The minimum Gasteiger partial charge on any atom is -0.379 e. The van der Waals surface area contributed by atoms with Crippen molar-refractivity contribution in [2.24, 2.45) is 0 Å². The summed E-state index contributed by atoms with van der Waals surface area (Å²) in [6.45, 7) is 6.11. The van der Waals surface area contributed by atoms with E-state index in [9.17, 15) is 26.7 Å². The standard InChI is InChI=1S/C25H32F3N3O4S/c1-19-18-35-15-14-29(19)16-22-17-30(36(33,34)23-6-4-3-5-7-23)12-13-31(22)21-10-8-20(9-11-21)24(2,32)25(26,27)28/h3-11,19,22,32H,12-18H2,1-2H3/t19-,22-,24+/m0/s1. The monoisotopic (exact) mass is 527 g/mol. The van der Waals surface area contributed by atoms with Crippen molar-refractivity contribution in [3.63, 3.8) is 0 Å². The molecule has 11 heteroatoms. The fourth-order valence-electron chi connectivity index (χ4n) is 4.73. The van der Waals surface area contributed by atoms with E-state index in [0.717, 1.165) is 6.92 Å². The summed E-state index contributed by atoms with van der Waals surface area (Å²) in [4.78, 5) is 4.53. The summed E-state index contributed by atoms with van der Waals surface area (Å²) >= 11 is 0. The molecule has 2 aromatic carbocycles. The highest BCUT2D eigenvalue weighted by atomic mass is 32.2. The first-order valence-corrected chi connectivity index (χ1v) is 13.4. The summed E-state index contributed by atoms with van der Waals surface area (Å²) in [5.74, 6) is 0. The number of anilines is 1. The van der Waals surface area contributed by atoms with Gasteiger partial charge >= 0.3 is 6.18 Å². The van der Waals surface area contributed by atoms with Gasteiger partial charge in [-0.3, -0.25) is 4.90 Å². The van der Waals surface area contributed by atoms with Gasteiger partial charge < -0.3 is 14.7 Å². The Labute approximate surface area is 210 Å². The maximum atomic E-state index is 13.3. The topological polar surface area (TPSA) is 73.3 Å². The normalized spacial score (nSPS) is 24.4. The Balaban J connectivity index is 1.61. The van der Waals surface area contributed by atoms with Crippen molar-refractivity contribution in [2.45, 2.75) is 42.6 Å². The zero-order valence-corrected chi connectivity index (χ0v) is 21.2. The molecule has 0 saturated carbocycles. The maximum Gasteiger partial charge on any atom is 0.421 e. The summed E-state index contributed by atoms with van der Waals surface area (Å²) in [7, 11) is -3.69. The fourth-order valence-corrected chi connectivity index (χ4v) is 6.22. The smallest absolute Gasteiger partial charge is 0.379 e. The molecule has 0 spiro atoms. The molecule has 2 aliphatic rings. The Hall–Kier alpha value is -2.18. The minimum atomic E-state index is -4.80. The summed E-state index contributed by atoms with van der Waals surface area (Å²) in [6, 6.07) is 13.9. The number of aliphatic hydroxyl groups is 1. The number of alkyl halides is 3. The van der Waals surface area contributed by atoms with Crippen LogP contribution >= 0.6 is 0 Å². The number of morpholine rings is 1. The van der Waals surface area contributed by atoms with Gasteiger partial charge in [0.15, 0.2) is 5.60 Å². The van der Waals surface area contributed by atoms with E-state index in [1.807, 2.05) is 4.90 Å². The molecule has 2 heterocycles. The third-order valence-electron chi connectivity index (χ3n) is 7.09. The number of sulfonamides is 1. The van der Waals surface area contributed by atoms with Crippen LogP contribution in [0.3, 0.4) is 0 Å². The number of benzene rings is 2. The zero-order valence-electron chi connectivity index (χ0n) is 20.4. The van der Waals surface area contributed by atoms with Crippen LogP contribution in [-0.4, -0.2) is 86.9 Å². The number of rotatable bonds is 6. The first-order valence-electron chi connectivity index (χ1n) is 11.9. The van der Waals surface area contributed by atoms with Crippen LogP contribution in [-0.2, 0) is 20.4 Å². The summed E-state index contributed by atoms with van der Waals surface area (Å²) in [5, 5.41) is 10.0. The van der Waals surface area contributed by atoms with E-state index in [4.69, 9.17) is 4.74 Å². The molecule has 2 aliphatic heterocycles. The molecule has 0 aliphatic carbocycles. The molecule has 2 fully saturated rings. The van der Waals surface area contributed by atoms with Crippen LogP contribution in [0.1, 0.15) is 19.4 Å². The lowest BCUT2D eigenvalue weighted by molar-refractivity contribution is -0.258. The van der Waals surface area contributed by atoms with Crippen LogP contribution in [0, 0.1) is 0 Å². The van der Waals surface area contributed by atoms with Crippen molar-refractivity contribution >= 4 is 15.7 Å². The maximum absolute atomic E-state index is 13.3. The number of piperazine rings is 1. The summed E-state index contributed by atoms with van der Waals surface area (Å²) in [6.07, 6.45) is -4.80. The molecule has 198 valence electrons. The van der Waals surface area contributed by atoms with Crippen LogP contribution in [0.4, 0.5) is 18.9 Å². The van der Waals surface area contributed by atoms with Crippen molar-refractivity contribution in [1.82, 2.24) is 9.21 Å². The van der Waals surface area contributed by atoms with Crippen LogP contribution in [0.5, 0.6) is 0 Å². The zero-order chi connectivity index (χ0) is 26.1. The molecule has 0 unspecified atom stereocenters. The second-order valence-electron chi connectivity index (χ2n) is 9.56. The molecule has 0 amide bonds. The van der Waals surface area contributed by atoms with E-state index in [-0.39, 0.29) is 35.6 Å². The summed E-state index contributed by atoms with van der Waals surface area (Å²) in [5.41, 5.74) is -2.53. The van der Waals surface area contributed by atoms with Gasteiger partial charge in [-0.05, 0) is 43.7 Å². The molecule has 2 aromatic rings. The fraction of sp³-hybridized carbons (Fsp3) is 0.520. The predicted octanol–water partition coefficient (Wildman–Crippen LogP) is 3.06. The van der Waals surface area contributed by atoms with E-state index in [1.54, 1.807) is 42.5 Å². The average Bonchev–Trinajstić information content (AvgIpc) is 2.85. The second kappa shape index (κ2) is 10.3. The Morgan fingerprint density at radius 1 is 1.03 bits per heavy atom. The predicted molar refractivity (Wildman–Crippen MR) is 130 cm³/mol. The lowest BCUT2D eigenvalue weighted by atomic mass is 9.95. The largest absolute Gasteiger partial charge is 0.421 e. The molecule has 3 atom stereocenters. The minimum absolute atomic E-state index is 0.158. The molecule has 0 bridgehead atoms. The summed E-state index contributed by atoms with van der Waals surface area (Å²) < 4.78 is 73.5. The first-order chi connectivity index (χ1) is 16.9. The molecular weight excluding hydrogens is 495 g/mol. The molecule has 1 N–H and O–H groups in total. The second-order valence-corrected chi connectivity index (χ2v) is 11.5. The van der Waals surface area contributed by atoms with Gasteiger partial charge in [0.05, 0.1) is 24.2 Å². The lowest BCUT2D eigenvalue weighted by Crippen LogP contribution is -2.60. The van der Waals surface area contributed by atoms with Gasteiger partial charge in [-0.15, -0.1) is 0 Å². The van der Waals surface area contributed by atoms with Crippen molar-refractivity contribution in [2.75, 3.05) is 50.8 Å². The number of hydrogen-bond acceptors (Lipinski definition) is 6. The van der Waals surface area contributed by atoms with E-state index in [1.165, 1.54) is 16.4 Å². The Morgan fingerprint density at radius 3 is 2.31 bits per heavy atom. The highest BCUT2D eigenvalue weighted by Crippen LogP contribution is 2.39. The van der Waals surface area contributed by atoms with Crippen LogP contribution < -0.4 is 4.90 Å². The van der Waals surface area contributed by atoms with Gasteiger partial charge in [-0.2, -0.15) is 17.5 Å². The number of ether oxygens (including phenoxy) is 1. The van der Waals surface area contributed by atoms with Crippen LogP contribution in [0.25, 0.3) is 0 Å². The molecular formula is C25H32F3N3O4S. The van der Waals surface area contributed by atoms with Gasteiger partial charge in [-0.25, -0.2) is 8.42 Å². The van der Waals surface area contributed by atoms with E-state index >= 15 is 0 Å². The van der Waals surface area contributed by atoms with Gasteiger partial charge in [-0.1, -0.05) is 30.3 Å². The quantitative estimate of drug-likeness (QED) is 0.623. The Bertz CT molecular complexity index is 1130. The van der Waals surface area contributed by atoms with Crippen LogP contribution in [0.15, 0.2) is 59.5 Å².